The third-order valence-corrected chi connectivity index (χ3v) is 6.46. The zero-order valence-electron chi connectivity index (χ0n) is 16.2. The van der Waals surface area contributed by atoms with Crippen LogP contribution < -0.4 is 0 Å². The zero-order valence-corrected chi connectivity index (χ0v) is 17.7. The van der Waals surface area contributed by atoms with Crippen LogP contribution in [0.2, 0.25) is 5.02 Å². The van der Waals surface area contributed by atoms with Crippen LogP contribution in [0.4, 0.5) is 0 Å². The molecule has 1 spiro atoms. The van der Waals surface area contributed by atoms with Crippen LogP contribution in [0.25, 0.3) is 0 Å². The lowest BCUT2D eigenvalue weighted by atomic mass is 9.88. The third kappa shape index (κ3) is 3.29. The molecule has 0 atom stereocenters. The Morgan fingerprint density at radius 2 is 1.82 bits per heavy atom. The van der Waals surface area contributed by atoms with Crippen molar-refractivity contribution >= 4 is 40.4 Å². The van der Waals surface area contributed by atoms with E-state index in [2.05, 4.69) is 0 Å². The highest BCUT2D eigenvalue weighted by Gasteiger charge is 2.49. The molecule has 1 aliphatic heterocycles. The molecule has 1 heterocycles. The molecule has 5 heteroatoms. The maximum Gasteiger partial charge on any atom is 0.260 e. The number of amides is 1. The van der Waals surface area contributed by atoms with Crippen molar-refractivity contribution in [3.8, 4) is 0 Å². The molecule has 0 bridgehead atoms. The van der Waals surface area contributed by atoms with E-state index in [4.69, 9.17) is 28.8 Å². The lowest BCUT2D eigenvalue weighted by Gasteiger charge is -2.39. The van der Waals surface area contributed by atoms with Crippen molar-refractivity contribution < 1.29 is 4.79 Å². The van der Waals surface area contributed by atoms with Gasteiger partial charge in [0.15, 0.2) is 0 Å². The smallest absolute Gasteiger partial charge is 0.260 e. The average Bonchev–Trinajstić information content (AvgIpc) is 2.95. The first kappa shape index (κ1) is 19.3. The first-order valence-electron chi connectivity index (χ1n) is 9.73. The number of aryl methyl sites for hydroxylation is 2. The predicted octanol–water partition coefficient (Wildman–Crippen LogP) is 5.89. The zero-order chi connectivity index (χ0) is 19.9. The molecule has 2 aromatic rings. The quantitative estimate of drug-likeness (QED) is 0.578. The van der Waals surface area contributed by atoms with Gasteiger partial charge in [0.05, 0.1) is 0 Å². The summed E-state index contributed by atoms with van der Waals surface area (Å²) >= 11 is 12.0. The number of carbonyl (C=O) groups excluding carboxylic acids is 1. The molecule has 0 unspecified atom stereocenters. The van der Waals surface area contributed by atoms with E-state index in [1.807, 2.05) is 56.3 Å². The van der Waals surface area contributed by atoms with Gasteiger partial charge in [-0.2, -0.15) is 0 Å². The summed E-state index contributed by atoms with van der Waals surface area (Å²) < 4.78 is 0. The molecule has 1 saturated carbocycles. The minimum atomic E-state index is -0.567. The monoisotopic (exact) mass is 410 g/mol. The fourth-order valence-corrected chi connectivity index (χ4v) is 4.77. The normalized spacial score (nSPS) is 18.5. The van der Waals surface area contributed by atoms with E-state index in [0.29, 0.717) is 21.3 Å². The Labute approximate surface area is 176 Å². The van der Waals surface area contributed by atoms with Crippen molar-refractivity contribution in [3.63, 3.8) is 0 Å². The van der Waals surface area contributed by atoms with Crippen molar-refractivity contribution in [1.29, 1.82) is 0 Å². The van der Waals surface area contributed by atoms with Gasteiger partial charge in [0.1, 0.15) is 16.4 Å². The first-order valence-corrected chi connectivity index (χ1v) is 10.5. The van der Waals surface area contributed by atoms with Gasteiger partial charge >= 0.3 is 0 Å². The Balaban J connectivity index is 1.78. The van der Waals surface area contributed by atoms with Crippen LogP contribution in [0, 0.1) is 13.8 Å². The van der Waals surface area contributed by atoms with E-state index in [1.165, 1.54) is 12.0 Å². The minimum absolute atomic E-state index is 0.0595. The molecule has 2 aromatic carbocycles. The molecule has 0 N–H and O–H groups in total. The van der Waals surface area contributed by atoms with Crippen LogP contribution in [0.3, 0.4) is 0 Å². The molecule has 1 amide bonds. The molecule has 0 saturated heterocycles. The topological polar surface area (TPSA) is 32.7 Å². The summed E-state index contributed by atoms with van der Waals surface area (Å²) in [4.78, 5) is 20.9. The maximum absolute atomic E-state index is 13.6. The number of rotatable bonds is 2. The molecule has 0 radical (unpaired) electrons. The Morgan fingerprint density at radius 1 is 1.07 bits per heavy atom. The second-order valence-electron chi connectivity index (χ2n) is 7.76. The predicted molar refractivity (Wildman–Crippen MR) is 118 cm³/mol. The molecule has 1 fully saturated rings. The molecular weight excluding hydrogens is 388 g/mol. The summed E-state index contributed by atoms with van der Waals surface area (Å²) in [6, 6.07) is 13.4. The van der Waals surface area contributed by atoms with Crippen LogP contribution in [0.5, 0.6) is 0 Å². The van der Waals surface area contributed by atoms with Crippen molar-refractivity contribution in [1.82, 2.24) is 4.90 Å². The number of nitrogens with zero attached hydrogens (tertiary/aromatic N) is 2. The molecule has 1 aliphatic carbocycles. The maximum atomic E-state index is 13.6. The summed E-state index contributed by atoms with van der Waals surface area (Å²) in [5.41, 5.74) is 3.95. The van der Waals surface area contributed by atoms with E-state index in [1.54, 1.807) is 4.90 Å². The summed E-state index contributed by atoms with van der Waals surface area (Å²) in [5, 5.41) is 0.639. The number of halogens is 1. The van der Waals surface area contributed by atoms with Crippen LogP contribution in [-0.4, -0.2) is 27.2 Å². The van der Waals surface area contributed by atoms with Gasteiger partial charge in [-0.15, -0.1) is 0 Å². The van der Waals surface area contributed by atoms with Gasteiger partial charge < -0.3 is 0 Å². The van der Waals surface area contributed by atoms with Crippen molar-refractivity contribution in [3.05, 3.63) is 69.7 Å². The fraction of sp³-hybridized carbons (Fsp3) is 0.348. The van der Waals surface area contributed by atoms with Crippen molar-refractivity contribution in [2.75, 3.05) is 0 Å². The standard InChI is InChI=1S/C23H23ClN2OS/c1-15-9-10-18(13-16(15)2)21(27)26-22(28)20(17-7-6-8-19(24)14-17)25-23(26)11-4-3-5-12-23/h6-10,13-14H,3-5,11-12H2,1-2H3. The van der Waals surface area contributed by atoms with E-state index in [-0.39, 0.29) is 5.91 Å². The van der Waals surface area contributed by atoms with Gasteiger partial charge in [-0.1, -0.05) is 48.4 Å². The number of carbonyl (C=O) groups is 1. The molecule has 144 valence electrons. The van der Waals surface area contributed by atoms with Crippen molar-refractivity contribution in [2.24, 2.45) is 4.99 Å². The second kappa shape index (κ2) is 7.41. The number of benzene rings is 2. The lowest BCUT2D eigenvalue weighted by molar-refractivity contribution is 0.0648. The van der Waals surface area contributed by atoms with E-state index in [9.17, 15) is 4.79 Å². The van der Waals surface area contributed by atoms with Gasteiger partial charge in [0.25, 0.3) is 5.91 Å². The largest absolute Gasteiger partial charge is 0.271 e. The van der Waals surface area contributed by atoms with Gasteiger partial charge in [-0.25, -0.2) is 0 Å². The second-order valence-corrected chi connectivity index (χ2v) is 8.58. The van der Waals surface area contributed by atoms with Crippen LogP contribution in [0.15, 0.2) is 47.5 Å². The molecule has 4 rings (SSSR count). The van der Waals surface area contributed by atoms with Gasteiger partial charge in [0.2, 0.25) is 0 Å². The van der Waals surface area contributed by atoms with Gasteiger partial charge in [-0.05, 0) is 74.9 Å². The Bertz CT molecular complexity index is 992. The highest BCUT2D eigenvalue weighted by atomic mass is 35.5. The van der Waals surface area contributed by atoms with E-state index < -0.39 is 5.66 Å². The summed E-state index contributed by atoms with van der Waals surface area (Å²) in [6.07, 6.45) is 4.95. The van der Waals surface area contributed by atoms with E-state index in [0.717, 1.165) is 36.8 Å². The highest BCUT2D eigenvalue weighted by Crippen LogP contribution is 2.41. The molecule has 28 heavy (non-hydrogen) atoms. The number of aliphatic imine (C=N–C) groups is 1. The Hall–Kier alpha value is -2.04. The summed E-state index contributed by atoms with van der Waals surface area (Å²) in [7, 11) is 0. The fourth-order valence-electron chi connectivity index (χ4n) is 4.16. The SMILES string of the molecule is Cc1ccc(C(=O)N2C(=S)C(c3cccc(Cl)c3)=NC23CCCCC3)cc1C. The van der Waals surface area contributed by atoms with Crippen LogP contribution in [0.1, 0.15) is 59.2 Å². The Kier molecular flexibility index (Phi) is 5.11. The van der Waals surface area contributed by atoms with Gasteiger partial charge in [0, 0.05) is 16.1 Å². The number of hydrogen-bond acceptors (Lipinski definition) is 3. The van der Waals surface area contributed by atoms with Crippen LogP contribution in [-0.2, 0) is 0 Å². The van der Waals surface area contributed by atoms with Crippen molar-refractivity contribution in [2.45, 2.75) is 51.6 Å². The molecular formula is C23H23ClN2OS. The Morgan fingerprint density at radius 3 is 2.50 bits per heavy atom. The highest BCUT2D eigenvalue weighted by molar-refractivity contribution is 7.82. The summed E-state index contributed by atoms with van der Waals surface area (Å²) in [5.74, 6) is -0.0595. The van der Waals surface area contributed by atoms with Gasteiger partial charge in [-0.3, -0.25) is 14.7 Å². The third-order valence-electron chi connectivity index (χ3n) is 5.85. The number of thiocarbonyl (C=S) groups is 1. The molecule has 2 aliphatic rings. The number of hydrogen-bond donors (Lipinski definition) is 0. The average molecular weight is 411 g/mol. The lowest BCUT2D eigenvalue weighted by Crippen LogP contribution is -2.50. The minimum Gasteiger partial charge on any atom is -0.271 e. The molecule has 3 nitrogen and oxygen atoms in total. The first-order chi connectivity index (χ1) is 13.4. The van der Waals surface area contributed by atoms with Crippen LogP contribution >= 0.6 is 23.8 Å². The van der Waals surface area contributed by atoms with E-state index >= 15 is 0 Å². The molecule has 0 aromatic heterocycles. The summed E-state index contributed by atoms with van der Waals surface area (Å²) in [6.45, 7) is 4.08.